The van der Waals surface area contributed by atoms with Gasteiger partial charge in [-0.15, -0.1) is 0 Å². The Balaban J connectivity index is 3.31. The quantitative estimate of drug-likeness (QED) is 0.489. The van der Waals surface area contributed by atoms with Gasteiger partial charge in [0.2, 0.25) is 11.3 Å². The topological polar surface area (TPSA) is 58.6 Å². The lowest BCUT2D eigenvalue weighted by molar-refractivity contribution is 0.180. The zero-order chi connectivity index (χ0) is 18.5. The average molecular weight is 356 g/mol. The Morgan fingerprint density at radius 1 is 1.12 bits per heavy atom. The summed E-state index contributed by atoms with van der Waals surface area (Å²) in [6.45, 7) is 15.2. The molecule has 0 aliphatic heterocycles. The molecular weight excluding hydrogens is 322 g/mol. The lowest BCUT2D eigenvalue weighted by atomic mass is 9.76. The molecule has 5 heteroatoms. The van der Waals surface area contributed by atoms with Crippen molar-refractivity contribution in [3.05, 3.63) is 29.3 Å². The van der Waals surface area contributed by atoms with Crippen LogP contribution in [-0.4, -0.2) is 15.0 Å². The van der Waals surface area contributed by atoms with E-state index in [0.29, 0.717) is 6.42 Å². The van der Waals surface area contributed by atoms with E-state index < -0.39 is 17.5 Å². The second kappa shape index (κ2) is 8.45. The van der Waals surface area contributed by atoms with Crippen molar-refractivity contribution in [3.63, 3.8) is 0 Å². The second-order valence-electron chi connectivity index (χ2n) is 7.57. The summed E-state index contributed by atoms with van der Waals surface area (Å²) in [7, 11) is 0. The molecule has 0 radical (unpaired) electrons. The SMILES string of the molecule is CCC(NS(=O)O)Oc1ccc(C(C)(C)CC)cc1C(C)(C)CC. The first-order valence-electron chi connectivity index (χ1n) is 8.76. The summed E-state index contributed by atoms with van der Waals surface area (Å²) in [4.78, 5) is 0. The Morgan fingerprint density at radius 2 is 1.71 bits per heavy atom. The molecule has 1 aromatic rings. The highest BCUT2D eigenvalue weighted by atomic mass is 32.2. The summed E-state index contributed by atoms with van der Waals surface area (Å²) in [6.07, 6.45) is 2.14. The van der Waals surface area contributed by atoms with Gasteiger partial charge < -0.3 is 4.74 Å². The lowest BCUT2D eigenvalue weighted by Gasteiger charge is -2.31. The van der Waals surface area contributed by atoms with Crippen molar-refractivity contribution < 1.29 is 13.5 Å². The molecule has 4 nitrogen and oxygen atoms in total. The van der Waals surface area contributed by atoms with Crippen LogP contribution in [0.3, 0.4) is 0 Å². The third-order valence-electron chi connectivity index (χ3n) is 5.13. The van der Waals surface area contributed by atoms with Gasteiger partial charge in [0.05, 0.1) is 0 Å². The lowest BCUT2D eigenvalue weighted by Crippen LogP contribution is -2.35. The van der Waals surface area contributed by atoms with Gasteiger partial charge in [-0.2, -0.15) is 4.72 Å². The van der Waals surface area contributed by atoms with E-state index in [4.69, 9.17) is 9.29 Å². The third-order valence-corrected chi connectivity index (χ3v) is 5.59. The van der Waals surface area contributed by atoms with Crippen molar-refractivity contribution in [3.8, 4) is 5.75 Å². The van der Waals surface area contributed by atoms with E-state index in [9.17, 15) is 4.21 Å². The molecule has 138 valence electrons. The van der Waals surface area contributed by atoms with Gasteiger partial charge in [0, 0.05) is 5.56 Å². The van der Waals surface area contributed by atoms with Gasteiger partial charge in [0.1, 0.15) is 5.75 Å². The molecule has 1 rings (SSSR count). The molecule has 24 heavy (non-hydrogen) atoms. The van der Waals surface area contributed by atoms with Crippen LogP contribution in [-0.2, 0) is 22.1 Å². The summed E-state index contributed by atoms with van der Waals surface area (Å²) in [6, 6.07) is 6.35. The van der Waals surface area contributed by atoms with Gasteiger partial charge in [0.25, 0.3) is 0 Å². The highest BCUT2D eigenvalue weighted by Crippen LogP contribution is 2.38. The van der Waals surface area contributed by atoms with Gasteiger partial charge in [-0.1, -0.05) is 60.6 Å². The van der Waals surface area contributed by atoms with Crippen molar-refractivity contribution in [2.75, 3.05) is 0 Å². The molecule has 0 fully saturated rings. The van der Waals surface area contributed by atoms with Crippen LogP contribution in [0, 0.1) is 0 Å². The van der Waals surface area contributed by atoms with Crippen molar-refractivity contribution in [2.45, 2.75) is 84.8 Å². The van der Waals surface area contributed by atoms with E-state index in [0.717, 1.165) is 24.2 Å². The zero-order valence-electron chi connectivity index (χ0n) is 16.1. The summed E-state index contributed by atoms with van der Waals surface area (Å²) in [5, 5.41) is 0. The maximum absolute atomic E-state index is 11.0. The number of nitrogens with one attached hydrogen (secondary N) is 1. The molecule has 0 aromatic heterocycles. The van der Waals surface area contributed by atoms with Crippen molar-refractivity contribution in [2.24, 2.45) is 0 Å². The van der Waals surface area contributed by atoms with E-state index in [1.165, 1.54) is 5.56 Å². The molecule has 0 spiro atoms. The Labute approximate surface area is 149 Å². The minimum absolute atomic E-state index is 0.0359. The summed E-state index contributed by atoms with van der Waals surface area (Å²) < 4.78 is 28.7. The highest BCUT2D eigenvalue weighted by molar-refractivity contribution is 7.77. The molecular formula is C19H33NO3S. The molecule has 2 N–H and O–H groups in total. The largest absolute Gasteiger partial charge is 0.474 e. The van der Waals surface area contributed by atoms with Gasteiger partial charge >= 0.3 is 0 Å². The summed E-state index contributed by atoms with van der Waals surface area (Å²) in [5.41, 5.74) is 2.51. The third kappa shape index (κ3) is 5.30. The molecule has 2 unspecified atom stereocenters. The van der Waals surface area contributed by atoms with Crippen LogP contribution in [0.15, 0.2) is 18.2 Å². The monoisotopic (exact) mass is 355 g/mol. The number of benzene rings is 1. The fourth-order valence-electron chi connectivity index (χ4n) is 2.43. The second-order valence-corrected chi connectivity index (χ2v) is 8.30. The first-order chi connectivity index (χ1) is 11.1. The van der Waals surface area contributed by atoms with Gasteiger partial charge in [-0.3, -0.25) is 4.55 Å². The molecule has 0 aliphatic carbocycles. The standard InChI is InChI=1S/C19H33NO3S/c1-8-17(20-24(21)22)23-16-12-11-14(18(4,5)9-2)13-15(16)19(6,7)10-3/h11-13,17,20H,8-10H2,1-7H3,(H,21,22). The average Bonchev–Trinajstić information content (AvgIpc) is 2.53. The van der Waals surface area contributed by atoms with E-state index in [1.54, 1.807) is 0 Å². The van der Waals surface area contributed by atoms with E-state index in [2.05, 4.69) is 58.4 Å². The smallest absolute Gasteiger partial charge is 0.234 e. The summed E-state index contributed by atoms with van der Waals surface area (Å²) >= 11 is -2.09. The van der Waals surface area contributed by atoms with Crippen molar-refractivity contribution in [1.29, 1.82) is 0 Å². The number of hydrogen-bond acceptors (Lipinski definition) is 2. The summed E-state index contributed by atoms with van der Waals surface area (Å²) in [5.74, 6) is 0.780. The Kier molecular flexibility index (Phi) is 7.44. The van der Waals surface area contributed by atoms with Gasteiger partial charge in [-0.25, -0.2) is 4.21 Å². The van der Waals surface area contributed by atoms with Crippen LogP contribution in [0.25, 0.3) is 0 Å². The molecule has 0 saturated carbocycles. The zero-order valence-corrected chi connectivity index (χ0v) is 16.9. The molecule has 0 bridgehead atoms. The fourth-order valence-corrected chi connectivity index (χ4v) is 2.87. The number of ether oxygens (including phenoxy) is 1. The normalized spacial score (nSPS) is 15.2. The van der Waals surface area contributed by atoms with Crippen LogP contribution in [0.5, 0.6) is 5.75 Å². The van der Waals surface area contributed by atoms with Crippen molar-refractivity contribution >= 4 is 11.3 Å². The fraction of sp³-hybridized carbons (Fsp3) is 0.684. The Bertz CT molecular complexity index is 570. The molecule has 0 heterocycles. The predicted molar refractivity (Wildman–Crippen MR) is 102 cm³/mol. The van der Waals surface area contributed by atoms with Gasteiger partial charge in [-0.05, 0) is 41.7 Å². The van der Waals surface area contributed by atoms with Crippen molar-refractivity contribution in [1.82, 2.24) is 4.72 Å². The van der Waals surface area contributed by atoms with Crippen LogP contribution in [0.1, 0.15) is 78.9 Å². The van der Waals surface area contributed by atoms with Crippen LogP contribution < -0.4 is 9.46 Å². The maximum Gasteiger partial charge on any atom is 0.234 e. The highest BCUT2D eigenvalue weighted by Gasteiger charge is 2.27. The number of rotatable bonds is 9. The molecule has 2 atom stereocenters. The molecule has 0 saturated heterocycles. The predicted octanol–water partition coefficient (Wildman–Crippen LogP) is 4.90. The number of hydrogen-bond donors (Lipinski definition) is 2. The van der Waals surface area contributed by atoms with E-state index >= 15 is 0 Å². The molecule has 0 aliphatic rings. The Hall–Kier alpha value is -0.910. The van der Waals surface area contributed by atoms with Crippen LogP contribution in [0.4, 0.5) is 0 Å². The molecule has 0 amide bonds. The van der Waals surface area contributed by atoms with Gasteiger partial charge in [0.15, 0.2) is 6.23 Å². The minimum atomic E-state index is -2.09. The van der Waals surface area contributed by atoms with Crippen LogP contribution in [0.2, 0.25) is 0 Å². The van der Waals surface area contributed by atoms with Crippen LogP contribution >= 0.6 is 0 Å². The Morgan fingerprint density at radius 3 is 2.17 bits per heavy atom. The first-order valence-corrected chi connectivity index (χ1v) is 9.86. The van der Waals surface area contributed by atoms with E-state index in [-0.39, 0.29) is 10.8 Å². The minimum Gasteiger partial charge on any atom is -0.474 e. The maximum atomic E-state index is 11.0. The first kappa shape index (κ1) is 21.1. The van der Waals surface area contributed by atoms with E-state index in [1.807, 2.05) is 13.0 Å². The molecule has 1 aromatic carbocycles.